The van der Waals surface area contributed by atoms with Crippen molar-refractivity contribution in [3.8, 4) is 0 Å². The smallest absolute Gasteiger partial charge is 0.460 e. The molecule has 0 aliphatic carbocycles. The summed E-state index contributed by atoms with van der Waals surface area (Å²) in [7, 11) is 1.91. The average Bonchev–Trinajstić information content (AvgIpc) is 2.16. The quantitative estimate of drug-likeness (QED) is 0.403. The van der Waals surface area contributed by atoms with E-state index in [9.17, 15) is 0 Å². The molecule has 0 saturated heterocycles. The van der Waals surface area contributed by atoms with E-state index in [4.69, 9.17) is 3.79 Å². The van der Waals surface area contributed by atoms with Crippen molar-refractivity contribution in [1.29, 1.82) is 0 Å². The SMILES string of the molecule is CCCC[CH2][Al]([CH2]CCCC)[O]C. The van der Waals surface area contributed by atoms with E-state index in [1.54, 1.807) is 0 Å². The summed E-state index contributed by atoms with van der Waals surface area (Å²) < 4.78 is 5.58. The van der Waals surface area contributed by atoms with Crippen LogP contribution in [0.5, 0.6) is 0 Å². The molecule has 0 heterocycles. The molecule has 78 valence electrons. The number of unbranched alkanes of at least 4 members (excludes halogenated alkanes) is 4. The first-order valence-electron chi connectivity index (χ1n) is 5.87. The lowest BCUT2D eigenvalue weighted by molar-refractivity contribution is 0.413. The van der Waals surface area contributed by atoms with Gasteiger partial charge in [-0.2, -0.15) is 0 Å². The molecular weight excluding hydrogens is 175 g/mol. The van der Waals surface area contributed by atoms with Gasteiger partial charge in [-0.3, -0.25) is 0 Å². The minimum Gasteiger partial charge on any atom is -0.503 e. The van der Waals surface area contributed by atoms with Gasteiger partial charge in [0.15, 0.2) is 0 Å². The molecule has 0 aromatic rings. The summed E-state index contributed by atoms with van der Waals surface area (Å²) in [5, 5.41) is 2.79. The lowest BCUT2D eigenvalue weighted by Gasteiger charge is -2.08. The van der Waals surface area contributed by atoms with Crippen LogP contribution in [0.4, 0.5) is 0 Å². The van der Waals surface area contributed by atoms with Crippen LogP contribution < -0.4 is 0 Å². The van der Waals surface area contributed by atoms with Gasteiger partial charge in [-0.25, -0.2) is 0 Å². The van der Waals surface area contributed by atoms with Gasteiger partial charge in [-0.15, -0.1) is 0 Å². The molecule has 0 fully saturated rings. The fraction of sp³-hybridized carbons (Fsp3) is 1.00. The van der Waals surface area contributed by atoms with Crippen LogP contribution in [0.2, 0.25) is 10.6 Å². The zero-order valence-electron chi connectivity index (χ0n) is 9.64. The van der Waals surface area contributed by atoms with Gasteiger partial charge in [0.1, 0.15) is 0 Å². The highest BCUT2D eigenvalue weighted by molar-refractivity contribution is 6.51. The lowest BCUT2D eigenvalue weighted by atomic mass is 10.3. The second kappa shape index (κ2) is 10.6. The summed E-state index contributed by atoms with van der Waals surface area (Å²) in [6.45, 7) is 4.53. The minimum atomic E-state index is -0.776. The van der Waals surface area contributed by atoms with Gasteiger partial charge >= 0.3 is 14.5 Å². The molecule has 0 aromatic heterocycles. The summed E-state index contributed by atoms with van der Waals surface area (Å²) in [5.41, 5.74) is 0. The second-order valence-corrected chi connectivity index (χ2v) is 6.72. The Morgan fingerprint density at radius 3 is 1.62 bits per heavy atom. The van der Waals surface area contributed by atoms with Gasteiger partial charge in [0, 0.05) is 7.11 Å². The van der Waals surface area contributed by atoms with E-state index >= 15 is 0 Å². The summed E-state index contributed by atoms with van der Waals surface area (Å²) in [5.74, 6) is 0. The zero-order chi connectivity index (χ0) is 9.94. The fourth-order valence-corrected chi connectivity index (χ4v) is 3.87. The maximum absolute atomic E-state index is 5.58. The number of rotatable bonds is 9. The van der Waals surface area contributed by atoms with Gasteiger partial charge in [0.2, 0.25) is 0 Å². The molecule has 0 N–H and O–H groups in total. The van der Waals surface area contributed by atoms with Crippen molar-refractivity contribution in [3.05, 3.63) is 0 Å². The van der Waals surface area contributed by atoms with Gasteiger partial charge < -0.3 is 3.79 Å². The van der Waals surface area contributed by atoms with E-state index in [0.717, 1.165) is 0 Å². The molecule has 0 unspecified atom stereocenters. The Morgan fingerprint density at radius 2 is 1.31 bits per heavy atom. The Hall–Kier alpha value is 0.492. The highest BCUT2D eigenvalue weighted by Gasteiger charge is 2.16. The fourth-order valence-electron chi connectivity index (χ4n) is 1.62. The van der Waals surface area contributed by atoms with E-state index in [2.05, 4.69) is 13.8 Å². The second-order valence-electron chi connectivity index (χ2n) is 3.85. The first kappa shape index (κ1) is 13.5. The summed E-state index contributed by atoms with van der Waals surface area (Å²) in [6, 6.07) is 0. The number of hydrogen-bond acceptors (Lipinski definition) is 1. The molecule has 13 heavy (non-hydrogen) atoms. The van der Waals surface area contributed by atoms with Crippen LogP contribution in [0, 0.1) is 0 Å². The largest absolute Gasteiger partial charge is 0.503 e. The molecule has 0 spiro atoms. The summed E-state index contributed by atoms with van der Waals surface area (Å²) in [6.07, 6.45) is 8.24. The Bertz CT molecular complexity index is 86.1. The van der Waals surface area contributed by atoms with Crippen molar-refractivity contribution in [2.75, 3.05) is 7.11 Å². The van der Waals surface area contributed by atoms with E-state index in [1.165, 1.54) is 49.1 Å². The van der Waals surface area contributed by atoms with Gasteiger partial charge in [0.25, 0.3) is 0 Å². The molecule has 0 aromatic carbocycles. The van der Waals surface area contributed by atoms with E-state index in [0.29, 0.717) is 0 Å². The zero-order valence-corrected chi connectivity index (χ0v) is 10.8. The predicted molar refractivity (Wildman–Crippen MR) is 61.4 cm³/mol. The summed E-state index contributed by atoms with van der Waals surface area (Å²) >= 11 is -0.776. The Kier molecular flexibility index (Phi) is 11.0. The molecule has 2 heteroatoms. The third-order valence-electron chi connectivity index (χ3n) is 2.59. The summed E-state index contributed by atoms with van der Waals surface area (Å²) in [4.78, 5) is 0. The van der Waals surface area contributed by atoms with Crippen molar-refractivity contribution in [2.24, 2.45) is 0 Å². The average molecular weight is 200 g/mol. The molecule has 1 nitrogen and oxygen atoms in total. The van der Waals surface area contributed by atoms with Crippen LogP contribution >= 0.6 is 0 Å². The molecule has 0 aliphatic rings. The molecule has 0 atom stereocenters. The highest BCUT2D eigenvalue weighted by Crippen LogP contribution is 2.12. The van der Waals surface area contributed by atoms with Crippen molar-refractivity contribution in [2.45, 2.75) is 62.9 Å². The molecule has 0 bridgehead atoms. The van der Waals surface area contributed by atoms with Crippen LogP contribution in [-0.2, 0) is 3.79 Å². The van der Waals surface area contributed by atoms with Crippen molar-refractivity contribution < 1.29 is 3.79 Å². The lowest BCUT2D eigenvalue weighted by Crippen LogP contribution is -2.14. The molecule has 0 radical (unpaired) electrons. The van der Waals surface area contributed by atoms with Gasteiger partial charge in [0.05, 0.1) is 0 Å². The van der Waals surface area contributed by atoms with Gasteiger partial charge in [-0.1, -0.05) is 62.9 Å². The monoisotopic (exact) mass is 200 g/mol. The molecule has 0 saturated carbocycles. The third kappa shape index (κ3) is 8.81. The third-order valence-corrected chi connectivity index (χ3v) is 5.36. The predicted octanol–water partition coefficient (Wildman–Crippen LogP) is 4.00. The first-order chi connectivity index (χ1) is 6.35. The van der Waals surface area contributed by atoms with Crippen molar-refractivity contribution in [3.63, 3.8) is 0 Å². The maximum atomic E-state index is 5.58. The first-order valence-corrected chi connectivity index (χ1v) is 7.98. The molecule has 0 amide bonds. The molecular formula is C11H25AlO. The van der Waals surface area contributed by atoms with Gasteiger partial charge in [-0.05, 0) is 0 Å². The topological polar surface area (TPSA) is 9.23 Å². The van der Waals surface area contributed by atoms with Crippen LogP contribution in [0.1, 0.15) is 52.4 Å². The van der Waals surface area contributed by atoms with Crippen LogP contribution in [0.25, 0.3) is 0 Å². The maximum Gasteiger partial charge on any atom is 0.460 e. The van der Waals surface area contributed by atoms with E-state index in [1.807, 2.05) is 7.11 Å². The molecule has 0 aliphatic heterocycles. The van der Waals surface area contributed by atoms with Crippen LogP contribution in [0.15, 0.2) is 0 Å². The Balaban J connectivity index is 3.28. The normalized spacial score (nSPS) is 10.4. The number of hydrogen-bond donors (Lipinski definition) is 0. The Morgan fingerprint density at radius 1 is 0.846 bits per heavy atom. The van der Waals surface area contributed by atoms with Crippen LogP contribution in [-0.4, -0.2) is 21.6 Å². The standard InChI is InChI=1S/2C5H11.CH3O.Al/c2*1-3-5-4-2;1-2;/h2*1,3-5H2,2H3;1H3;/q;;-1;+1. The minimum absolute atomic E-state index is 0.776. The van der Waals surface area contributed by atoms with Crippen molar-refractivity contribution in [1.82, 2.24) is 0 Å². The van der Waals surface area contributed by atoms with E-state index < -0.39 is 14.5 Å². The van der Waals surface area contributed by atoms with E-state index in [-0.39, 0.29) is 0 Å². The van der Waals surface area contributed by atoms with Crippen LogP contribution in [0.3, 0.4) is 0 Å². The molecule has 0 rings (SSSR count). The Labute approximate surface area is 88.6 Å². The highest BCUT2D eigenvalue weighted by atomic mass is 27.2. The van der Waals surface area contributed by atoms with Crippen molar-refractivity contribution >= 4 is 14.5 Å².